The third-order valence-electron chi connectivity index (χ3n) is 5.74. The van der Waals surface area contributed by atoms with Crippen molar-refractivity contribution in [2.24, 2.45) is 5.92 Å². The third kappa shape index (κ3) is 4.12. The van der Waals surface area contributed by atoms with Gasteiger partial charge in [0.25, 0.3) is 0 Å². The van der Waals surface area contributed by atoms with E-state index in [0.29, 0.717) is 28.4 Å². The van der Waals surface area contributed by atoms with Crippen LogP contribution in [-0.2, 0) is 4.79 Å². The van der Waals surface area contributed by atoms with Gasteiger partial charge in [0.2, 0.25) is 12.7 Å². The molecule has 0 bridgehead atoms. The first kappa shape index (κ1) is 19.9. The first-order valence-electron chi connectivity index (χ1n) is 10.5. The van der Waals surface area contributed by atoms with E-state index in [1.807, 2.05) is 58.0 Å². The number of hydrogen-bond donors (Lipinski definition) is 0. The molecule has 3 heterocycles. The summed E-state index contributed by atoms with van der Waals surface area (Å²) in [6, 6.07) is 15.7. The molecule has 2 aromatic carbocycles. The summed E-state index contributed by atoms with van der Waals surface area (Å²) in [5.41, 5.74) is 1.82. The molecule has 3 aromatic rings. The van der Waals surface area contributed by atoms with Gasteiger partial charge in [0, 0.05) is 24.3 Å². The smallest absolute Gasteiger partial charge is 0.233 e. The quantitative estimate of drug-likeness (QED) is 0.563. The van der Waals surface area contributed by atoms with Crippen molar-refractivity contribution in [2.45, 2.75) is 24.9 Å². The van der Waals surface area contributed by atoms with Crippen LogP contribution in [0.4, 0.5) is 0 Å². The number of thioether (sulfide) groups is 1. The molecule has 0 N–H and O–H groups in total. The van der Waals surface area contributed by atoms with Gasteiger partial charge >= 0.3 is 0 Å². The van der Waals surface area contributed by atoms with E-state index in [2.05, 4.69) is 17.1 Å². The van der Waals surface area contributed by atoms with Gasteiger partial charge < -0.3 is 14.4 Å². The number of carbonyl (C=O) groups excluding carboxylic acids is 1. The van der Waals surface area contributed by atoms with E-state index in [4.69, 9.17) is 9.47 Å². The Bertz CT molecular complexity index is 1080. The van der Waals surface area contributed by atoms with Crippen molar-refractivity contribution in [1.29, 1.82) is 0 Å². The van der Waals surface area contributed by atoms with Crippen molar-refractivity contribution in [2.75, 3.05) is 25.6 Å². The molecule has 2 aliphatic heterocycles. The number of hydrogen-bond acceptors (Lipinski definition) is 6. The predicted molar refractivity (Wildman–Crippen MR) is 119 cm³/mol. The molecule has 0 atom stereocenters. The second-order valence-electron chi connectivity index (χ2n) is 7.90. The van der Waals surface area contributed by atoms with E-state index in [-0.39, 0.29) is 12.7 Å². The maximum Gasteiger partial charge on any atom is 0.233 e. The first-order valence-corrected chi connectivity index (χ1v) is 11.5. The van der Waals surface area contributed by atoms with Crippen molar-refractivity contribution >= 4 is 17.7 Å². The van der Waals surface area contributed by atoms with Crippen LogP contribution in [0.15, 0.2) is 53.7 Å². The fourth-order valence-electron chi connectivity index (χ4n) is 3.87. The van der Waals surface area contributed by atoms with Crippen molar-refractivity contribution in [3.8, 4) is 28.6 Å². The van der Waals surface area contributed by atoms with Crippen LogP contribution in [-0.4, -0.2) is 51.2 Å². The summed E-state index contributed by atoms with van der Waals surface area (Å²) < 4.78 is 13.0. The minimum absolute atomic E-state index is 0.157. The molecule has 5 rings (SSSR count). The highest BCUT2D eigenvalue weighted by Gasteiger charge is 2.23. The van der Waals surface area contributed by atoms with E-state index in [9.17, 15) is 4.79 Å². The van der Waals surface area contributed by atoms with Gasteiger partial charge in [-0.15, -0.1) is 10.2 Å². The molecule has 2 aliphatic rings. The van der Waals surface area contributed by atoms with Crippen LogP contribution in [0.25, 0.3) is 17.1 Å². The standard InChI is InChI=1S/C23H24N4O3S/c1-16-9-11-26(12-10-16)21(28)14-31-23-25-24-22(27(23)18-5-3-2-4-6-18)17-7-8-19-20(13-17)30-15-29-19/h2-8,13,16H,9-12,14-15H2,1H3. The van der Waals surface area contributed by atoms with E-state index < -0.39 is 0 Å². The summed E-state index contributed by atoms with van der Waals surface area (Å²) in [4.78, 5) is 14.7. The summed E-state index contributed by atoms with van der Waals surface area (Å²) in [6.07, 6.45) is 2.15. The van der Waals surface area contributed by atoms with Crippen LogP contribution in [0.1, 0.15) is 19.8 Å². The number of para-hydroxylation sites is 1. The lowest BCUT2D eigenvalue weighted by atomic mass is 9.99. The van der Waals surface area contributed by atoms with E-state index in [1.165, 1.54) is 11.8 Å². The number of nitrogens with zero attached hydrogens (tertiary/aromatic N) is 4. The minimum atomic E-state index is 0.157. The SMILES string of the molecule is CC1CCN(C(=O)CSc2nnc(-c3ccc4c(c3)OCO4)n2-c2ccccc2)CC1. The Balaban J connectivity index is 1.42. The van der Waals surface area contributed by atoms with Crippen molar-refractivity contribution in [3.05, 3.63) is 48.5 Å². The number of likely N-dealkylation sites (tertiary alicyclic amines) is 1. The van der Waals surface area contributed by atoms with Crippen LogP contribution < -0.4 is 9.47 Å². The largest absolute Gasteiger partial charge is 0.454 e. The van der Waals surface area contributed by atoms with Crippen LogP contribution in [0.5, 0.6) is 11.5 Å². The number of fused-ring (bicyclic) bond motifs is 1. The van der Waals surface area contributed by atoms with Gasteiger partial charge in [0.05, 0.1) is 5.75 Å². The van der Waals surface area contributed by atoms with Gasteiger partial charge in [-0.3, -0.25) is 9.36 Å². The lowest BCUT2D eigenvalue weighted by molar-refractivity contribution is -0.129. The summed E-state index contributed by atoms with van der Waals surface area (Å²) >= 11 is 1.43. The van der Waals surface area contributed by atoms with Crippen LogP contribution in [0, 0.1) is 5.92 Å². The summed E-state index contributed by atoms with van der Waals surface area (Å²) in [5, 5.41) is 9.58. The van der Waals surface area contributed by atoms with Crippen LogP contribution >= 0.6 is 11.8 Å². The van der Waals surface area contributed by atoms with E-state index in [1.54, 1.807) is 0 Å². The zero-order valence-electron chi connectivity index (χ0n) is 17.4. The number of piperidine rings is 1. The zero-order chi connectivity index (χ0) is 21.2. The molecule has 1 amide bonds. The van der Waals surface area contributed by atoms with Gasteiger partial charge in [0.1, 0.15) is 0 Å². The van der Waals surface area contributed by atoms with Crippen molar-refractivity contribution in [1.82, 2.24) is 19.7 Å². The Morgan fingerprint density at radius 3 is 2.65 bits per heavy atom. The fourth-order valence-corrected chi connectivity index (χ4v) is 4.73. The average Bonchev–Trinajstić information content (AvgIpc) is 3.45. The Morgan fingerprint density at radius 1 is 1.06 bits per heavy atom. The highest BCUT2D eigenvalue weighted by molar-refractivity contribution is 7.99. The van der Waals surface area contributed by atoms with Gasteiger partial charge in [-0.2, -0.15) is 0 Å². The number of benzene rings is 2. The predicted octanol–water partition coefficient (Wildman–Crippen LogP) is 4.01. The molecule has 160 valence electrons. The molecule has 0 unspecified atom stereocenters. The summed E-state index contributed by atoms with van der Waals surface area (Å²) in [5.74, 6) is 3.33. The summed E-state index contributed by atoms with van der Waals surface area (Å²) in [6.45, 7) is 4.15. The van der Waals surface area contributed by atoms with Gasteiger partial charge in [-0.1, -0.05) is 36.9 Å². The van der Waals surface area contributed by atoms with Crippen LogP contribution in [0.3, 0.4) is 0 Å². The monoisotopic (exact) mass is 436 g/mol. The highest BCUT2D eigenvalue weighted by atomic mass is 32.2. The number of ether oxygens (including phenoxy) is 2. The van der Waals surface area contributed by atoms with Gasteiger partial charge in [-0.25, -0.2) is 0 Å². The molecule has 31 heavy (non-hydrogen) atoms. The molecular formula is C23H24N4O3S. The molecule has 8 heteroatoms. The normalized spacial score (nSPS) is 16.0. The lowest BCUT2D eigenvalue weighted by Crippen LogP contribution is -2.38. The second kappa shape index (κ2) is 8.63. The molecule has 0 spiro atoms. The molecule has 1 fully saturated rings. The summed E-state index contributed by atoms with van der Waals surface area (Å²) in [7, 11) is 0. The molecule has 7 nitrogen and oxygen atoms in total. The van der Waals surface area contributed by atoms with Gasteiger partial charge in [-0.05, 0) is 49.1 Å². The Hall–Kier alpha value is -3.00. The van der Waals surface area contributed by atoms with Crippen molar-refractivity contribution in [3.63, 3.8) is 0 Å². The van der Waals surface area contributed by atoms with E-state index >= 15 is 0 Å². The maximum atomic E-state index is 12.7. The second-order valence-corrected chi connectivity index (χ2v) is 8.84. The maximum absolute atomic E-state index is 12.7. The van der Waals surface area contributed by atoms with Crippen LogP contribution in [0.2, 0.25) is 0 Å². The third-order valence-corrected chi connectivity index (χ3v) is 6.65. The van der Waals surface area contributed by atoms with Gasteiger partial charge in [0.15, 0.2) is 22.5 Å². The topological polar surface area (TPSA) is 69.5 Å². The first-order chi connectivity index (χ1) is 15.2. The zero-order valence-corrected chi connectivity index (χ0v) is 18.2. The Morgan fingerprint density at radius 2 is 1.84 bits per heavy atom. The molecule has 0 aliphatic carbocycles. The Labute approximate surface area is 185 Å². The number of amides is 1. The molecule has 0 radical (unpaired) electrons. The lowest BCUT2D eigenvalue weighted by Gasteiger charge is -2.30. The molecule has 0 saturated carbocycles. The number of carbonyl (C=O) groups is 1. The highest BCUT2D eigenvalue weighted by Crippen LogP contribution is 2.37. The number of aromatic nitrogens is 3. The van der Waals surface area contributed by atoms with E-state index in [0.717, 1.165) is 42.9 Å². The molecule has 1 saturated heterocycles. The van der Waals surface area contributed by atoms with Crippen molar-refractivity contribution < 1.29 is 14.3 Å². The minimum Gasteiger partial charge on any atom is -0.454 e. The average molecular weight is 437 g/mol. The molecular weight excluding hydrogens is 412 g/mol. The molecule has 1 aromatic heterocycles. The fraction of sp³-hybridized carbons (Fsp3) is 0.348. The Kier molecular flexibility index (Phi) is 5.55. The number of rotatable bonds is 5.